The van der Waals surface area contributed by atoms with E-state index in [4.69, 9.17) is 29.8 Å². The monoisotopic (exact) mass is 654 g/mol. The zero-order valence-electron chi connectivity index (χ0n) is 25.2. The van der Waals surface area contributed by atoms with Gasteiger partial charge in [-0.1, -0.05) is 18.2 Å². The number of aliphatic imine (C=N–C) groups is 1. The fraction of sp³-hybridized carbons (Fsp3) is 0.552. The van der Waals surface area contributed by atoms with Gasteiger partial charge in [-0.15, -0.1) is 6.58 Å². The van der Waals surface area contributed by atoms with E-state index in [1.165, 1.54) is 19.4 Å². The third-order valence-electron chi connectivity index (χ3n) is 7.48. The van der Waals surface area contributed by atoms with Crippen molar-refractivity contribution in [1.29, 1.82) is 0 Å². The van der Waals surface area contributed by atoms with Gasteiger partial charge in [0, 0.05) is 38.4 Å². The Balaban J connectivity index is 2.02. The smallest absolute Gasteiger partial charge is 0.339 e. The first kappa shape index (κ1) is 36.7. The molecule has 3 rings (SSSR count). The van der Waals surface area contributed by atoms with Crippen LogP contribution in [0, 0.1) is 11.8 Å². The van der Waals surface area contributed by atoms with E-state index in [-0.39, 0.29) is 55.7 Å². The number of ether oxygens (including phenoxy) is 4. The van der Waals surface area contributed by atoms with Gasteiger partial charge in [0.2, 0.25) is 6.29 Å². The molecular weight excluding hydrogens is 612 g/mol. The Morgan fingerprint density at radius 2 is 1.91 bits per heavy atom. The summed E-state index contributed by atoms with van der Waals surface area (Å²) in [5, 5.41) is 71.7. The number of nitrogens with two attached hydrogens (primary N) is 1. The van der Waals surface area contributed by atoms with Gasteiger partial charge in [-0.3, -0.25) is 4.99 Å². The highest BCUT2D eigenvalue weighted by atomic mass is 16.8. The highest BCUT2D eigenvalue weighted by molar-refractivity contribution is 5.95. The number of allylic oxidation sites excluding steroid dienone is 1. The zero-order chi connectivity index (χ0) is 34.0. The van der Waals surface area contributed by atoms with Crippen LogP contribution in [0.5, 0.6) is 0 Å². The Kier molecular flexibility index (Phi) is 13.7. The van der Waals surface area contributed by atoms with E-state index in [9.17, 15) is 40.2 Å². The van der Waals surface area contributed by atoms with Gasteiger partial charge < -0.3 is 70.6 Å². The Morgan fingerprint density at radius 3 is 2.52 bits per heavy atom. The molecule has 8 unspecified atom stereocenters. The number of hydrogen-bond donors (Lipinski definition) is 9. The number of hydrogen-bond acceptors (Lipinski definition) is 14. The van der Waals surface area contributed by atoms with Crippen LogP contribution in [0.3, 0.4) is 0 Å². The van der Waals surface area contributed by atoms with Gasteiger partial charge in [0.25, 0.3) is 0 Å². The molecule has 3 heterocycles. The second-order valence-corrected chi connectivity index (χ2v) is 10.5. The molecule has 10 N–H and O–H groups in total. The predicted octanol–water partition coefficient (Wildman–Crippen LogP) is -2.99. The number of β-amino-alcohol motifs (C(OH)–C–C–N with tert-alkyl or cyclic N) is 1. The zero-order valence-corrected chi connectivity index (χ0v) is 25.2. The number of carbonyl (C=O) groups is 2. The summed E-state index contributed by atoms with van der Waals surface area (Å²) in [6.07, 6.45) is -1.79. The molecule has 0 amide bonds. The van der Waals surface area contributed by atoms with Crippen molar-refractivity contribution in [2.75, 3.05) is 46.6 Å². The van der Waals surface area contributed by atoms with E-state index < -0.39 is 67.4 Å². The van der Waals surface area contributed by atoms with Crippen molar-refractivity contribution < 1.29 is 64.3 Å². The molecule has 0 spiro atoms. The number of carbonyl (C=O) groups excluding carboxylic acids is 1. The van der Waals surface area contributed by atoms with Gasteiger partial charge in [-0.2, -0.15) is 0 Å². The van der Waals surface area contributed by atoms with Gasteiger partial charge >= 0.3 is 11.9 Å². The number of aliphatic carboxylic acids is 1. The molecule has 8 atom stereocenters. The molecule has 0 radical (unpaired) electrons. The second kappa shape index (κ2) is 17.2. The Hall–Kier alpha value is -3.81. The van der Waals surface area contributed by atoms with Gasteiger partial charge in [-0.05, 0) is 12.0 Å². The van der Waals surface area contributed by atoms with Gasteiger partial charge in [0.1, 0.15) is 24.4 Å². The molecule has 0 aliphatic carbocycles. The highest BCUT2D eigenvalue weighted by Crippen LogP contribution is 2.36. The molecule has 1 saturated heterocycles. The summed E-state index contributed by atoms with van der Waals surface area (Å²) in [6.45, 7) is 3.17. The standard InChI is InChI=1S/C29H42N4O13/c1-3-16-17(19(26(42)43-2)14-44-27(16)46-28-24(39)23(38)22(37)20(13-36)45-28)6-5-15-11-33(8-10-35)12-18(25(40)41)21(15)32-29(30)31-7-4-9-34/h3,5-6,12,14,16-17,20,22-24,27-28,34-39H,1,4,7-11,13H2,2H3,(H,40,41)(H3,30,31,32). The fourth-order valence-electron chi connectivity index (χ4n) is 5.05. The summed E-state index contributed by atoms with van der Waals surface area (Å²) in [7, 11) is 1.17. The number of rotatable bonds is 14. The van der Waals surface area contributed by atoms with Crippen LogP contribution in [0.4, 0.5) is 0 Å². The predicted molar refractivity (Wildman–Crippen MR) is 159 cm³/mol. The number of aliphatic hydroxyl groups excluding tert-OH is 6. The first-order valence-electron chi connectivity index (χ1n) is 14.4. The number of carboxylic acid groups (broad SMARTS) is 1. The number of carboxylic acids is 1. The molecule has 0 saturated carbocycles. The summed E-state index contributed by atoms with van der Waals surface area (Å²) < 4.78 is 21.9. The van der Waals surface area contributed by atoms with E-state index in [1.54, 1.807) is 17.1 Å². The lowest BCUT2D eigenvalue weighted by atomic mass is 9.83. The lowest BCUT2D eigenvalue weighted by molar-refractivity contribution is -0.338. The maximum Gasteiger partial charge on any atom is 0.339 e. The molecular formula is C29H42N4O13. The molecule has 3 aliphatic rings. The molecule has 0 aromatic heterocycles. The van der Waals surface area contributed by atoms with Crippen LogP contribution >= 0.6 is 0 Å². The number of aliphatic hydroxyl groups is 6. The number of methoxy groups -OCH3 is 1. The Bertz CT molecular complexity index is 1250. The lowest BCUT2D eigenvalue weighted by Crippen LogP contribution is -2.60. The van der Waals surface area contributed by atoms with Crippen molar-refractivity contribution >= 4 is 17.9 Å². The van der Waals surface area contributed by atoms with Crippen molar-refractivity contribution in [3.63, 3.8) is 0 Å². The molecule has 256 valence electrons. The van der Waals surface area contributed by atoms with Crippen molar-refractivity contribution in [2.24, 2.45) is 22.6 Å². The normalized spacial score (nSPS) is 30.4. The average molecular weight is 655 g/mol. The SMILES string of the molecule is C=CC1C(OC2OC(CO)C(O)C(O)C2O)OC=C(C(=O)OC)C1C=CC1=C(NC(N)=NCCCO)C(C(=O)O)=CN(CCO)C1. The topological polar surface area (TPSA) is 266 Å². The number of esters is 1. The van der Waals surface area contributed by atoms with Crippen molar-refractivity contribution in [3.8, 4) is 0 Å². The third kappa shape index (κ3) is 8.71. The Morgan fingerprint density at radius 1 is 1.17 bits per heavy atom. The third-order valence-corrected chi connectivity index (χ3v) is 7.48. The van der Waals surface area contributed by atoms with E-state index >= 15 is 0 Å². The molecule has 3 aliphatic heterocycles. The average Bonchev–Trinajstić information content (AvgIpc) is 3.04. The summed E-state index contributed by atoms with van der Waals surface area (Å²) >= 11 is 0. The molecule has 46 heavy (non-hydrogen) atoms. The summed E-state index contributed by atoms with van der Waals surface area (Å²) in [5.74, 6) is -3.88. The minimum absolute atomic E-state index is 0.0366. The first-order chi connectivity index (χ1) is 22.0. The number of nitrogens with one attached hydrogen (secondary N) is 1. The van der Waals surface area contributed by atoms with E-state index in [0.29, 0.717) is 12.0 Å². The lowest BCUT2D eigenvalue weighted by Gasteiger charge is -2.42. The number of guanidine groups is 1. The van der Waals surface area contributed by atoms with E-state index in [1.807, 2.05) is 0 Å². The van der Waals surface area contributed by atoms with Crippen LogP contribution in [0.15, 0.2) is 64.7 Å². The van der Waals surface area contributed by atoms with Crippen LogP contribution in [0.1, 0.15) is 6.42 Å². The van der Waals surface area contributed by atoms with E-state index in [0.717, 1.165) is 6.26 Å². The maximum atomic E-state index is 12.8. The van der Waals surface area contributed by atoms with Crippen LogP contribution in [0.25, 0.3) is 0 Å². The van der Waals surface area contributed by atoms with Crippen molar-refractivity contribution in [3.05, 3.63) is 59.7 Å². The molecule has 17 heteroatoms. The Labute approximate surface area is 264 Å². The molecule has 0 aromatic carbocycles. The van der Waals surface area contributed by atoms with Crippen LogP contribution in [-0.2, 0) is 28.5 Å². The summed E-state index contributed by atoms with van der Waals surface area (Å²) in [5.41, 5.74) is 6.35. The largest absolute Gasteiger partial charge is 0.478 e. The molecule has 1 fully saturated rings. The second-order valence-electron chi connectivity index (χ2n) is 10.5. The van der Waals surface area contributed by atoms with Gasteiger partial charge in [-0.25, -0.2) is 9.59 Å². The summed E-state index contributed by atoms with van der Waals surface area (Å²) in [6, 6.07) is 0. The number of nitrogens with zero attached hydrogens (tertiary/aromatic N) is 2. The van der Waals surface area contributed by atoms with Crippen LogP contribution in [0.2, 0.25) is 0 Å². The van der Waals surface area contributed by atoms with Gasteiger partial charge in [0.15, 0.2) is 12.2 Å². The quantitative estimate of drug-likeness (QED) is 0.0297. The van der Waals surface area contributed by atoms with E-state index in [2.05, 4.69) is 16.9 Å². The maximum absolute atomic E-state index is 12.8. The van der Waals surface area contributed by atoms with Crippen LogP contribution in [-0.4, -0.2) is 142 Å². The van der Waals surface area contributed by atoms with Crippen molar-refractivity contribution in [1.82, 2.24) is 10.2 Å². The minimum atomic E-state index is -1.73. The molecule has 0 bridgehead atoms. The minimum Gasteiger partial charge on any atom is -0.478 e. The summed E-state index contributed by atoms with van der Waals surface area (Å²) in [4.78, 5) is 30.7. The van der Waals surface area contributed by atoms with Gasteiger partial charge in [0.05, 0.1) is 49.3 Å². The molecule has 17 nitrogen and oxygen atoms in total. The van der Waals surface area contributed by atoms with Crippen LogP contribution < -0.4 is 11.1 Å². The highest BCUT2D eigenvalue weighted by Gasteiger charge is 2.47. The molecule has 0 aromatic rings. The first-order valence-corrected chi connectivity index (χ1v) is 14.4. The fourth-order valence-corrected chi connectivity index (χ4v) is 5.05. The van der Waals surface area contributed by atoms with Crippen molar-refractivity contribution in [2.45, 2.75) is 43.4 Å².